The van der Waals surface area contributed by atoms with Gasteiger partial charge in [0.15, 0.2) is 0 Å². The van der Waals surface area contributed by atoms with Crippen LogP contribution in [0.4, 0.5) is 0 Å². The molecular formula is C11H23NO2S. The topological polar surface area (TPSA) is 46.2 Å². The first-order valence-corrected chi connectivity index (χ1v) is 7.49. The first kappa shape index (κ1) is 13.0. The quantitative estimate of drug-likeness (QED) is 0.809. The Morgan fingerprint density at radius 2 is 1.60 bits per heavy atom. The average molecular weight is 233 g/mol. The summed E-state index contributed by atoms with van der Waals surface area (Å²) in [7, 11) is -3.10. The molecule has 3 nitrogen and oxygen atoms in total. The Hall–Kier alpha value is -0.0900. The first-order chi connectivity index (χ1) is 6.93. The van der Waals surface area contributed by atoms with Crippen LogP contribution in [0.5, 0.6) is 0 Å². The molecule has 0 amide bonds. The van der Waals surface area contributed by atoms with Crippen molar-refractivity contribution in [3.05, 3.63) is 0 Å². The molecule has 1 N–H and O–H groups in total. The molecule has 0 radical (unpaired) electrons. The molecule has 0 unspecified atom stereocenters. The molecular weight excluding hydrogens is 210 g/mol. The van der Waals surface area contributed by atoms with E-state index in [-0.39, 0.29) is 11.3 Å². The molecule has 0 aliphatic heterocycles. The minimum Gasteiger partial charge on any atom is -0.212 e. The fourth-order valence-corrected chi connectivity index (χ4v) is 3.11. The summed E-state index contributed by atoms with van der Waals surface area (Å²) in [4.78, 5) is 0. The summed E-state index contributed by atoms with van der Waals surface area (Å²) in [6.45, 7) is 5.43. The van der Waals surface area contributed by atoms with E-state index in [1.165, 1.54) is 32.1 Å². The molecule has 0 spiro atoms. The third-order valence-corrected chi connectivity index (χ3v) is 5.27. The lowest BCUT2D eigenvalue weighted by molar-refractivity contribution is 0.302. The lowest BCUT2D eigenvalue weighted by Gasteiger charge is -2.28. The fourth-order valence-electron chi connectivity index (χ4n) is 2.13. The van der Waals surface area contributed by atoms with Crippen molar-refractivity contribution in [1.82, 2.24) is 4.72 Å². The van der Waals surface area contributed by atoms with Crippen molar-refractivity contribution >= 4 is 10.0 Å². The maximum absolute atomic E-state index is 11.7. The zero-order valence-corrected chi connectivity index (χ0v) is 10.8. The minimum atomic E-state index is -3.10. The van der Waals surface area contributed by atoms with Gasteiger partial charge in [0.2, 0.25) is 10.0 Å². The second-order valence-corrected chi connectivity index (χ2v) is 7.17. The minimum absolute atomic E-state index is 0.0951. The molecule has 0 heterocycles. The number of nitrogens with one attached hydrogen (secondary N) is 1. The lowest BCUT2D eigenvalue weighted by atomic mass is 9.85. The van der Waals surface area contributed by atoms with Gasteiger partial charge in [-0.2, -0.15) is 0 Å². The molecule has 1 atom stereocenters. The van der Waals surface area contributed by atoms with E-state index in [4.69, 9.17) is 0 Å². The Morgan fingerprint density at radius 3 is 2.07 bits per heavy atom. The summed E-state index contributed by atoms with van der Waals surface area (Å²) in [5, 5.41) is -0.330. The molecule has 0 saturated heterocycles. The number of hydrogen-bond donors (Lipinski definition) is 1. The van der Waals surface area contributed by atoms with Gasteiger partial charge in [0.25, 0.3) is 0 Å². The van der Waals surface area contributed by atoms with E-state index in [0.717, 1.165) is 0 Å². The molecule has 1 aliphatic rings. The van der Waals surface area contributed by atoms with Crippen LogP contribution in [0, 0.1) is 5.92 Å². The van der Waals surface area contributed by atoms with Gasteiger partial charge in [0.05, 0.1) is 5.25 Å². The van der Waals surface area contributed by atoms with Crippen LogP contribution in [0.15, 0.2) is 0 Å². The molecule has 15 heavy (non-hydrogen) atoms. The van der Waals surface area contributed by atoms with Crippen LogP contribution >= 0.6 is 0 Å². The molecule has 1 fully saturated rings. The van der Waals surface area contributed by atoms with Crippen LogP contribution in [0.1, 0.15) is 52.9 Å². The van der Waals surface area contributed by atoms with Crippen LogP contribution < -0.4 is 4.72 Å². The van der Waals surface area contributed by atoms with Gasteiger partial charge in [-0.3, -0.25) is 0 Å². The van der Waals surface area contributed by atoms with Gasteiger partial charge in [0.1, 0.15) is 0 Å². The molecule has 0 bridgehead atoms. The largest absolute Gasteiger partial charge is 0.214 e. The van der Waals surface area contributed by atoms with Crippen LogP contribution in [0.25, 0.3) is 0 Å². The standard InChI is InChI=1S/C11H23NO2S/c1-9(2)15(13,14)12-10(3)11-7-5-4-6-8-11/h9-12H,4-8H2,1-3H3/t10-/m0/s1. The van der Waals surface area contributed by atoms with Crippen LogP contribution in [-0.2, 0) is 10.0 Å². The van der Waals surface area contributed by atoms with Gasteiger partial charge in [0, 0.05) is 6.04 Å². The number of rotatable bonds is 4. The predicted molar refractivity (Wildman–Crippen MR) is 63.2 cm³/mol. The highest BCUT2D eigenvalue weighted by Crippen LogP contribution is 2.26. The molecule has 0 aromatic heterocycles. The third-order valence-electron chi connectivity index (χ3n) is 3.33. The molecule has 90 valence electrons. The smallest absolute Gasteiger partial charge is 0.212 e. The zero-order valence-electron chi connectivity index (χ0n) is 9.99. The predicted octanol–water partition coefficient (Wildman–Crippen LogP) is 2.28. The molecule has 0 aromatic carbocycles. The second kappa shape index (κ2) is 5.30. The Labute approximate surface area is 93.7 Å². The summed E-state index contributed by atoms with van der Waals surface area (Å²) in [6, 6.07) is 0.0951. The summed E-state index contributed by atoms with van der Waals surface area (Å²) >= 11 is 0. The van der Waals surface area contributed by atoms with E-state index >= 15 is 0 Å². The highest BCUT2D eigenvalue weighted by Gasteiger charge is 2.25. The van der Waals surface area contributed by atoms with Gasteiger partial charge in [-0.1, -0.05) is 19.3 Å². The molecule has 1 rings (SSSR count). The normalized spacial score (nSPS) is 21.9. The first-order valence-electron chi connectivity index (χ1n) is 5.94. The van der Waals surface area contributed by atoms with E-state index in [9.17, 15) is 8.42 Å². The second-order valence-electron chi connectivity index (χ2n) is 4.90. The molecule has 1 saturated carbocycles. The Bertz CT molecular complexity index is 279. The van der Waals surface area contributed by atoms with Crippen LogP contribution in [0.3, 0.4) is 0 Å². The van der Waals surface area contributed by atoms with Crippen molar-refractivity contribution in [3.8, 4) is 0 Å². The van der Waals surface area contributed by atoms with E-state index in [2.05, 4.69) is 4.72 Å². The molecule has 1 aliphatic carbocycles. The summed E-state index contributed by atoms with van der Waals surface area (Å²) in [6.07, 6.45) is 6.14. The summed E-state index contributed by atoms with van der Waals surface area (Å²) in [5.41, 5.74) is 0. The maximum atomic E-state index is 11.7. The van der Waals surface area contributed by atoms with Gasteiger partial charge in [-0.15, -0.1) is 0 Å². The number of hydrogen-bond acceptors (Lipinski definition) is 2. The van der Waals surface area contributed by atoms with Gasteiger partial charge in [-0.05, 0) is 39.5 Å². The van der Waals surface area contributed by atoms with Crippen molar-refractivity contribution in [3.63, 3.8) is 0 Å². The van der Waals surface area contributed by atoms with Gasteiger partial charge >= 0.3 is 0 Å². The highest BCUT2D eigenvalue weighted by molar-refractivity contribution is 7.90. The Morgan fingerprint density at radius 1 is 1.07 bits per heavy atom. The van der Waals surface area contributed by atoms with Crippen molar-refractivity contribution in [2.75, 3.05) is 0 Å². The monoisotopic (exact) mass is 233 g/mol. The van der Waals surface area contributed by atoms with Gasteiger partial charge < -0.3 is 0 Å². The molecule has 0 aromatic rings. The van der Waals surface area contributed by atoms with E-state index in [1.807, 2.05) is 6.92 Å². The van der Waals surface area contributed by atoms with Gasteiger partial charge in [-0.25, -0.2) is 13.1 Å². The Kier molecular flexibility index (Phi) is 4.59. The van der Waals surface area contributed by atoms with E-state index < -0.39 is 10.0 Å². The zero-order chi connectivity index (χ0) is 11.5. The van der Waals surface area contributed by atoms with Crippen LogP contribution in [-0.4, -0.2) is 19.7 Å². The lowest BCUT2D eigenvalue weighted by Crippen LogP contribution is -2.42. The highest BCUT2D eigenvalue weighted by atomic mass is 32.2. The van der Waals surface area contributed by atoms with Crippen LogP contribution in [0.2, 0.25) is 0 Å². The summed E-state index contributed by atoms with van der Waals surface area (Å²) in [5.74, 6) is 0.535. The maximum Gasteiger partial charge on any atom is 0.214 e. The van der Waals surface area contributed by atoms with Crippen molar-refractivity contribution in [2.45, 2.75) is 64.2 Å². The van der Waals surface area contributed by atoms with E-state index in [0.29, 0.717) is 5.92 Å². The molecule has 4 heteroatoms. The average Bonchev–Trinajstić information content (AvgIpc) is 2.18. The summed E-state index contributed by atoms with van der Waals surface area (Å²) < 4.78 is 26.1. The Balaban J connectivity index is 2.50. The van der Waals surface area contributed by atoms with Crippen molar-refractivity contribution in [2.24, 2.45) is 5.92 Å². The third kappa shape index (κ3) is 3.76. The van der Waals surface area contributed by atoms with Crippen molar-refractivity contribution < 1.29 is 8.42 Å². The van der Waals surface area contributed by atoms with Crippen molar-refractivity contribution in [1.29, 1.82) is 0 Å². The fraction of sp³-hybridized carbons (Fsp3) is 1.00. The SMILES string of the molecule is CC(C)S(=O)(=O)N[C@@H](C)C1CCCCC1. The van der Waals surface area contributed by atoms with E-state index in [1.54, 1.807) is 13.8 Å². The number of sulfonamides is 1.